The molecule has 10 heteroatoms. The zero-order chi connectivity index (χ0) is 25.0. The summed E-state index contributed by atoms with van der Waals surface area (Å²) in [5.74, 6) is 0.503. The summed E-state index contributed by atoms with van der Waals surface area (Å²) in [6.07, 6.45) is 2.12. The Morgan fingerprint density at radius 1 is 1.00 bits per heavy atom. The van der Waals surface area contributed by atoms with E-state index in [9.17, 15) is 8.42 Å². The van der Waals surface area contributed by atoms with Gasteiger partial charge in [0.25, 0.3) is 0 Å². The Morgan fingerprint density at radius 2 is 1.74 bits per heavy atom. The maximum absolute atomic E-state index is 11.6. The van der Waals surface area contributed by atoms with Crippen LogP contribution in [0.1, 0.15) is 13.3 Å². The highest BCUT2D eigenvalue weighted by Crippen LogP contribution is 2.37. The Balaban J connectivity index is 1.78. The predicted molar refractivity (Wildman–Crippen MR) is 141 cm³/mol. The third-order valence-corrected chi connectivity index (χ3v) is 5.95. The van der Waals surface area contributed by atoms with Gasteiger partial charge in [-0.05, 0) is 36.8 Å². The van der Waals surface area contributed by atoms with Crippen molar-refractivity contribution in [2.24, 2.45) is 5.22 Å². The van der Waals surface area contributed by atoms with Crippen molar-refractivity contribution in [1.29, 1.82) is 0 Å². The second kappa shape index (κ2) is 10.1. The van der Waals surface area contributed by atoms with E-state index in [1.807, 2.05) is 54.2 Å². The van der Waals surface area contributed by atoms with E-state index in [1.165, 1.54) is 0 Å². The minimum atomic E-state index is -3.40. The molecule has 0 radical (unpaired) electrons. The van der Waals surface area contributed by atoms with Crippen molar-refractivity contribution in [2.75, 3.05) is 42.4 Å². The van der Waals surface area contributed by atoms with Crippen molar-refractivity contribution >= 4 is 54.6 Å². The van der Waals surface area contributed by atoms with E-state index in [0.717, 1.165) is 52.4 Å². The zero-order valence-electron chi connectivity index (χ0n) is 20.2. The number of hydrogen-bond acceptors (Lipinski definition) is 6. The van der Waals surface area contributed by atoms with E-state index in [-0.39, 0.29) is 0 Å². The van der Waals surface area contributed by atoms with E-state index in [4.69, 9.17) is 9.72 Å². The molecule has 3 aromatic carbocycles. The zero-order valence-corrected chi connectivity index (χ0v) is 21.0. The normalized spacial score (nSPS) is 12.1. The fourth-order valence-corrected chi connectivity index (χ4v) is 4.38. The monoisotopic (exact) mass is 493 g/mol. The van der Waals surface area contributed by atoms with Crippen LogP contribution in [0.15, 0.2) is 65.9 Å². The van der Waals surface area contributed by atoms with Crippen molar-refractivity contribution in [3.8, 4) is 5.75 Å². The van der Waals surface area contributed by atoms with Gasteiger partial charge in [-0.3, -0.25) is 4.72 Å². The van der Waals surface area contributed by atoms with Crippen LogP contribution in [0.5, 0.6) is 5.75 Å². The number of para-hydroxylation sites is 1. The summed E-state index contributed by atoms with van der Waals surface area (Å²) in [5, 5.41) is 9.75. The van der Waals surface area contributed by atoms with Gasteiger partial charge in [0.05, 0.1) is 53.7 Å². The summed E-state index contributed by atoms with van der Waals surface area (Å²) in [4.78, 5) is 4.86. The number of ether oxygens (including phenoxy) is 1. The molecule has 4 rings (SSSR count). The topological polar surface area (TPSA) is 108 Å². The van der Waals surface area contributed by atoms with Gasteiger partial charge in [0, 0.05) is 22.9 Å². The first-order valence-corrected chi connectivity index (χ1v) is 13.1. The van der Waals surface area contributed by atoms with Gasteiger partial charge in [-0.15, -0.1) is 5.43 Å². The molecule has 182 valence electrons. The van der Waals surface area contributed by atoms with Crippen molar-refractivity contribution in [3.05, 3.63) is 60.7 Å². The number of nitrogens with zero attached hydrogens (tertiary/aromatic N) is 3. The van der Waals surface area contributed by atoms with Crippen molar-refractivity contribution in [3.63, 3.8) is 0 Å². The van der Waals surface area contributed by atoms with Crippen LogP contribution in [-0.2, 0) is 10.0 Å². The molecule has 3 N–H and O–H groups in total. The lowest BCUT2D eigenvalue weighted by Gasteiger charge is -2.16. The molecule has 0 amide bonds. The number of methoxy groups -OCH3 is 1. The first-order valence-electron chi connectivity index (χ1n) is 11.2. The lowest BCUT2D eigenvalue weighted by Crippen LogP contribution is -2.09. The highest BCUT2D eigenvalue weighted by molar-refractivity contribution is 7.92. The highest BCUT2D eigenvalue weighted by Gasteiger charge is 2.14. The first kappa shape index (κ1) is 24.2. The maximum atomic E-state index is 11.6. The molecule has 4 aromatic rings. The molecule has 0 saturated heterocycles. The Hall–Kier alpha value is -3.92. The number of pyridine rings is 1. The standard InChI is InChI=1S/C25H28N6O3S/c1-5-14-31(2)30-28-17-10-12-20-23(15-17)26-21-9-7-6-8-19(21)25(20)27-22-13-11-18(16-24(22)34-3)29-35(4,32)33/h6-13,15-16H,5,14H2,1-4H3,(H2,26,27,28,29,30)/p+1. The summed E-state index contributed by atoms with van der Waals surface area (Å²) < 4.78 is 33.1. The van der Waals surface area contributed by atoms with Gasteiger partial charge >= 0.3 is 0 Å². The Bertz CT molecular complexity index is 1520. The number of nitrogens with one attached hydrogen (secondary N) is 3. The Morgan fingerprint density at radius 3 is 2.49 bits per heavy atom. The van der Waals surface area contributed by atoms with Crippen LogP contribution in [-0.4, -0.2) is 45.1 Å². The number of hydrogen-bond donors (Lipinski definition) is 3. The fraction of sp³-hybridized carbons (Fsp3) is 0.240. The Kier molecular flexibility index (Phi) is 7.02. The van der Waals surface area contributed by atoms with E-state index < -0.39 is 10.0 Å². The number of benzene rings is 3. The summed E-state index contributed by atoms with van der Waals surface area (Å²) in [6.45, 7) is 2.97. The summed E-state index contributed by atoms with van der Waals surface area (Å²) in [5.41, 5.74) is 7.57. The molecule has 0 fully saturated rings. The molecule has 35 heavy (non-hydrogen) atoms. The summed E-state index contributed by atoms with van der Waals surface area (Å²) in [7, 11) is 0.0721. The van der Waals surface area contributed by atoms with Gasteiger partial charge in [0.15, 0.2) is 0 Å². The maximum Gasteiger partial charge on any atom is 0.229 e. The van der Waals surface area contributed by atoms with E-state index in [0.29, 0.717) is 17.1 Å². The van der Waals surface area contributed by atoms with Gasteiger partial charge in [0.1, 0.15) is 18.0 Å². The molecule has 0 atom stereocenters. The lowest BCUT2D eigenvalue weighted by atomic mass is 10.1. The van der Waals surface area contributed by atoms with Crippen LogP contribution in [0.3, 0.4) is 0 Å². The van der Waals surface area contributed by atoms with Crippen LogP contribution < -0.4 is 20.2 Å². The van der Waals surface area contributed by atoms with Crippen molar-refractivity contribution < 1.29 is 17.9 Å². The van der Waals surface area contributed by atoms with E-state index in [1.54, 1.807) is 25.3 Å². The van der Waals surface area contributed by atoms with E-state index in [2.05, 4.69) is 27.6 Å². The van der Waals surface area contributed by atoms with Gasteiger partial charge in [-0.25, -0.2) is 13.4 Å². The van der Waals surface area contributed by atoms with Crippen LogP contribution >= 0.6 is 0 Å². The molecule has 0 spiro atoms. The predicted octanol–water partition coefficient (Wildman–Crippen LogP) is 5.34. The van der Waals surface area contributed by atoms with Gasteiger partial charge in [-0.1, -0.05) is 25.1 Å². The molecular formula is C25H29N6O3S+. The molecule has 1 heterocycles. The number of anilines is 4. The quantitative estimate of drug-likeness (QED) is 0.126. The number of sulfonamides is 1. The van der Waals surface area contributed by atoms with Gasteiger partial charge < -0.3 is 10.1 Å². The molecule has 9 nitrogen and oxygen atoms in total. The molecule has 0 aliphatic heterocycles. The van der Waals surface area contributed by atoms with Crippen molar-refractivity contribution in [1.82, 2.24) is 4.98 Å². The summed E-state index contributed by atoms with van der Waals surface area (Å²) in [6, 6.07) is 18.9. The number of rotatable bonds is 9. The second-order valence-corrected chi connectivity index (χ2v) is 9.99. The van der Waals surface area contributed by atoms with Gasteiger partial charge in [-0.2, -0.15) is 4.70 Å². The van der Waals surface area contributed by atoms with Crippen LogP contribution in [0, 0.1) is 0 Å². The summed E-state index contributed by atoms with van der Waals surface area (Å²) >= 11 is 0. The average molecular weight is 494 g/mol. The third kappa shape index (κ3) is 5.78. The lowest BCUT2D eigenvalue weighted by molar-refractivity contribution is -0.565. The minimum absolute atomic E-state index is 0.423. The van der Waals surface area contributed by atoms with Crippen molar-refractivity contribution in [2.45, 2.75) is 13.3 Å². The SMILES string of the molecule is CCC[N+](C)=NNc1ccc2c(Nc3ccc(NS(C)(=O)=O)cc3OC)c3ccccc3nc2c1. The molecule has 1 aromatic heterocycles. The number of aromatic nitrogens is 1. The average Bonchev–Trinajstić information content (AvgIpc) is 2.82. The van der Waals surface area contributed by atoms with E-state index >= 15 is 0 Å². The Labute approximate surface area is 204 Å². The van der Waals surface area contributed by atoms with Crippen LogP contribution in [0.25, 0.3) is 21.8 Å². The van der Waals surface area contributed by atoms with Gasteiger partial charge in [0.2, 0.25) is 10.0 Å². The second-order valence-electron chi connectivity index (χ2n) is 8.24. The fourth-order valence-electron chi connectivity index (χ4n) is 3.82. The molecular weight excluding hydrogens is 464 g/mol. The van der Waals surface area contributed by atoms with Crippen LogP contribution in [0.4, 0.5) is 22.7 Å². The number of fused-ring (bicyclic) bond motifs is 2. The molecule has 0 aliphatic carbocycles. The molecule has 0 unspecified atom stereocenters. The minimum Gasteiger partial charge on any atom is -0.494 e. The molecule has 0 bridgehead atoms. The van der Waals surface area contributed by atoms with Crippen LogP contribution in [0.2, 0.25) is 0 Å². The molecule has 0 aliphatic rings. The third-order valence-electron chi connectivity index (χ3n) is 5.34. The largest absolute Gasteiger partial charge is 0.494 e. The molecule has 0 saturated carbocycles. The highest BCUT2D eigenvalue weighted by atomic mass is 32.2. The first-order chi connectivity index (χ1) is 16.8. The smallest absolute Gasteiger partial charge is 0.229 e.